The molecule has 3 aliphatic carbocycles. The third-order valence-electron chi connectivity index (χ3n) is 7.40. The van der Waals surface area contributed by atoms with E-state index in [1.165, 1.54) is 44.1 Å². The Morgan fingerprint density at radius 2 is 2.05 bits per heavy atom. The predicted octanol–water partition coefficient (Wildman–Crippen LogP) is 5.12. The Labute approximate surface area is 135 Å². The molecule has 0 aromatic heterocycles. The lowest BCUT2D eigenvalue weighted by atomic mass is 9.55. The van der Waals surface area contributed by atoms with Crippen molar-refractivity contribution in [2.75, 3.05) is 7.11 Å². The van der Waals surface area contributed by atoms with E-state index in [-0.39, 0.29) is 0 Å². The molecule has 22 heavy (non-hydrogen) atoms. The van der Waals surface area contributed by atoms with Crippen LogP contribution in [0.1, 0.15) is 68.6 Å². The highest BCUT2D eigenvalue weighted by molar-refractivity contribution is 5.38. The smallest absolute Gasteiger partial charge is 0.0627 e. The fraction of sp³-hybridized carbons (Fsp3) is 0.714. The van der Waals surface area contributed by atoms with Crippen molar-refractivity contribution in [3.05, 3.63) is 34.9 Å². The lowest BCUT2D eigenvalue weighted by Crippen LogP contribution is -2.44. The molecule has 3 aliphatic rings. The summed E-state index contributed by atoms with van der Waals surface area (Å²) >= 11 is 0. The number of ether oxygens (including phenoxy) is 1. The average molecular weight is 298 g/mol. The van der Waals surface area contributed by atoms with Crippen molar-refractivity contribution in [2.24, 2.45) is 17.3 Å². The molecule has 5 atom stereocenters. The van der Waals surface area contributed by atoms with Gasteiger partial charge < -0.3 is 4.74 Å². The molecule has 1 aromatic carbocycles. The Morgan fingerprint density at radius 3 is 2.82 bits per heavy atom. The van der Waals surface area contributed by atoms with E-state index in [1.807, 2.05) is 7.11 Å². The minimum atomic E-state index is 0.440. The number of benzene rings is 1. The van der Waals surface area contributed by atoms with Crippen LogP contribution in [0.5, 0.6) is 0 Å². The summed E-state index contributed by atoms with van der Waals surface area (Å²) in [5, 5.41) is 0. The average Bonchev–Trinajstić information content (AvgIpc) is 2.90. The molecule has 0 unspecified atom stereocenters. The minimum absolute atomic E-state index is 0.440. The summed E-state index contributed by atoms with van der Waals surface area (Å²) in [6, 6.07) is 7.31. The van der Waals surface area contributed by atoms with Crippen molar-refractivity contribution in [3.8, 4) is 0 Å². The summed E-state index contributed by atoms with van der Waals surface area (Å²) in [6.07, 6.45) is 9.76. The van der Waals surface area contributed by atoms with Gasteiger partial charge in [0.2, 0.25) is 0 Å². The van der Waals surface area contributed by atoms with Crippen LogP contribution in [-0.4, -0.2) is 13.2 Å². The molecule has 120 valence electrons. The van der Waals surface area contributed by atoms with Gasteiger partial charge in [-0.25, -0.2) is 0 Å². The number of fused-ring (bicyclic) bond motifs is 5. The van der Waals surface area contributed by atoms with Crippen LogP contribution in [-0.2, 0) is 17.6 Å². The van der Waals surface area contributed by atoms with Crippen LogP contribution in [0.15, 0.2) is 18.2 Å². The largest absolute Gasteiger partial charge is 0.381 e. The summed E-state index contributed by atoms with van der Waals surface area (Å²) in [6.45, 7) is 4.80. The normalized spacial score (nSPS) is 40.0. The van der Waals surface area contributed by atoms with Crippen molar-refractivity contribution in [3.63, 3.8) is 0 Å². The Balaban J connectivity index is 1.68. The molecule has 0 spiro atoms. The maximum absolute atomic E-state index is 5.87. The second-order valence-corrected chi connectivity index (χ2v) is 8.15. The summed E-state index contributed by atoms with van der Waals surface area (Å²) in [5.41, 5.74) is 5.31. The maximum Gasteiger partial charge on any atom is 0.0627 e. The van der Waals surface area contributed by atoms with Crippen molar-refractivity contribution < 1.29 is 4.74 Å². The molecule has 0 heterocycles. The van der Waals surface area contributed by atoms with Crippen LogP contribution >= 0.6 is 0 Å². The molecule has 1 aromatic rings. The number of hydrogen-bond acceptors (Lipinski definition) is 1. The molecular formula is C21H30O. The lowest BCUT2D eigenvalue weighted by Gasteiger charge is -2.50. The van der Waals surface area contributed by atoms with Gasteiger partial charge >= 0.3 is 0 Å². The number of aryl methyl sites for hydroxylation is 2. The molecular weight excluding hydrogens is 268 g/mol. The first-order valence-electron chi connectivity index (χ1n) is 9.32. The zero-order valence-corrected chi connectivity index (χ0v) is 14.4. The van der Waals surface area contributed by atoms with Crippen LogP contribution in [0.3, 0.4) is 0 Å². The van der Waals surface area contributed by atoms with Gasteiger partial charge in [-0.3, -0.25) is 0 Å². The van der Waals surface area contributed by atoms with Crippen LogP contribution < -0.4 is 0 Å². The monoisotopic (exact) mass is 298 g/mol. The molecule has 2 fully saturated rings. The Kier molecular flexibility index (Phi) is 3.60. The first-order valence-corrected chi connectivity index (χ1v) is 9.32. The van der Waals surface area contributed by atoms with Gasteiger partial charge in [0.15, 0.2) is 0 Å². The van der Waals surface area contributed by atoms with Gasteiger partial charge in [-0.1, -0.05) is 32.0 Å². The van der Waals surface area contributed by atoms with Gasteiger partial charge in [-0.2, -0.15) is 0 Å². The maximum atomic E-state index is 5.87. The Morgan fingerprint density at radius 1 is 1.18 bits per heavy atom. The van der Waals surface area contributed by atoms with Gasteiger partial charge in [0, 0.05) is 7.11 Å². The molecule has 0 amide bonds. The predicted molar refractivity (Wildman–Crippen MR) is 91.2 cm³/mol. The minimum Gasteiger partial charge on any atom is -0.381 e. The first-order chi connectivity index (χ1) is 10.7. The van der Waals surface area contributed by atoms with E-state index >= 15 is 0 Å². The fourth-order valence-electron chi connectivity index (χ4n) is 6.17. The van der Waals surface area contributed by atoms with Crippen LogP contribution in [0, 0.1) is 17.3 Å². The molecule has 1 heteroatoms. The van der Waals surface area contributed by atoms with E-state index in [9.17, 15) is 0 Å². The highest BCUT2D eigenvalue weighted by Crippen LogP contribution is 2.61. The van der Waals surface area contributed by atoms with Crippen molar-refractivity contribution in [2.45, 2.75) is 70.8 Å². The van der Waals surface area contributed by atoms with Gasteiger partial charge in [0.05, 0.1) is 6.10 Å². The van der Waals surface area contributed by atoms with Gasteiger partial charge in [-0.05, 0) is 84.8 Å². The quantitative estimate of drug-likeness (QED) is 0.736. The van der Waals surface area contributed by atoms with Gasteiger partial charge in [-0.15, -0.1) is 0 Å². The van der Waals surface area contributed by atoms with Gasteiger partial charge in [0.1, 0.15) is 0 Å². The Bertz CT molecular complexity index is 563. The third kappa shape index (κ3) is 2.01. The highest BCUT2D eigenvalue weighted by atomic mass is 16.5. The van der Waals surface area contributed by atoms with Gasteiger partial charge in [0.25, 0.3) is 0 Å². The van der Waals surface area contributed by atoms with Crippen LogP contribution in [0.25, 0.3) is 0 Å². The molecule has 0 aliphatic heterocycles. The molecule has 0 radical (unpaired) electrons. The SMILES string of the molecule is CCc1ccc2c(c1)[C@H]1CC[C@]3(C)[C@@H](OC)CC[C@H]3[C@@H]1CC2. The number of hydrogen-bond donors (Lipinski definition) is 0. The third-order valence-corrected chi connectivity index (χ3v) is 7.40. The molecule has 4 rings (SSSR count). The number of rotatable bonds is 2. The second-order valence-electron chi connectivity index (χ2n) is 8.15. The van der Waals surface area contributed by atoms with Crippen LogP contribution in [0.4, 0.5) is 0 Å². The first kappa shape index (κ1) is 14.8. The highest BCUT2D eigenvalue weighted by Gasteiger charge is 2.54. The summed E-state index contributed by atoms with van der Waals surface area (Å²) in [7, 11) is 1.92. The van der Waals surface area contributed by atoms with E-state index in [0.717, 1.165) is 24.2 Å². The van der Waals surface area contributed by atoms with E-state index in [1.54, 1.807) is 11.1 Å². The molecule has 2 saturated carbocycles. The zero-order chi connectivity index (χ0) is 15.3. The summed E-state index contributed by atoms with van der Waals surface area (Å²) < 4.78 is 5.87. The summed E-state index contributed by atoms with van der Waals surface area (Å²) in [5.74, 6) is 2.61. The van der Waals surface area contributed by atoms with Crippen molar-refractivity contribution in [1.29, 1.82) is 0 Å². The van der Waals surface area contributed by atoms with Crippen molar-refractivity contribution in [1.82, 2.24) is 0 Å². The Hall–Kier alpha value is -0.820. The van der Waals surface area contributed by atoms with E-state index in [0.29, 0.717) is 11.5 Å². The molecule has 0 saturated heterocycles. The lowest BCUT2D eigenvalue weighted by molar-refractivity contribution is -0.0444. The second kappa shape index (κ2) is 5.37. The van der Waals surface area contributed by atoms with E-state index in [2.05, 4.69) is 32.0 Å². The summed E-state index contributed by atoms with van der Waals surface area (Å²) in [4.78, 5) is 0. The fourth-order valence-corrected chi connectivity index (χ4v) is 6.17. The van der Waals surface area contributed by atoms with Crippen LogP contribution in [0.2, 0.25) is 0 Å². The zero-order valence-electron chi connectivity index (χ0n) is 14.4. The topological polar surface area (TPSA) is 9.23 Å². The number of methoxy groups -OCH3 is 1. The standard InChI is InChI=1S/C21H30O/c1-4-14-5-6-15-7-8-17-16(18(15)13-14)11-12-21(2)19(17)9-10-20(21)22-3/h5-6,13,16-17,19-20H,4,7-12H2,1-3H3/t16-,17+,19-,20-,21-/m0/s1. The molecule has 0 N–H and O–H groups in total. The van der Waals surface area contributed by atoms with Crippen molar-refractivity contribution >= 4 is 0 Å². The molecule has 1 nitrogen and oxygen atoms in total. The molecule has 0 bridgehead atoms. The van der Waals surface area contributed by atoms with E-state index < -0.39 is 0 Å². The van der Waals surface area contributed by atoms with E-state index in [4.69, 9.17) is 4.74 Å².